The predicted molar refractivity (Wildman–Crippen MR) is 116 cm³/mol. The van der Waals surface area contributed by atoms with Gasteiger partial charge in [-0.3, -0.25) is 19.5 Å². The Kier molecular flexibility index (Phi) is 4.83. The number of fused-ring (bicyclic) bond motifs is 2. The fraction of sp³-hybridized carbons (Fsp3) is 0.435. The van der Waals surface area contributed by atoms with Crippen molar-refractivity contribution in [2.75, 3.05) is 18.0 Å². The number of likely N-dealkylation sites (tertiary alicyclic amines) is 1. The number of carbonyl (C=O) groups excluding carboxylic acids is 2. The summed E-state index contributed by atoms with van der Waals surface area (Å²) < 4.78 is 7.21. The Labute approximate surface area is 186 Å². The van der Waals surface area contributed by atoms with Gasteiger partial charge in [-0.2, -0.15) is 5.10 Å². The quantitative estimate of drug-likeness (QED) is 0.629. The van der Waals surface area contributed by atoms with Crippen LogP contribution in [-0.2, 0) is 16.9 Å². The first-order valence-electron chi connectivity index (χ1n) is 10.9. The minimum Gasteiger partial charge on any atom is -0.361 e. The van der Waals surface area contributed by atoms with E-state index in [1.54, 1.807) is 26.2 Å². The highest BCUT2D eigenvalue weighted by molar-refractivity contribution is 5.96. The average molecular weight is 435 g/mol. The molecule has 0 aliphatic carbocycles. The molecule has 2 amide bonds. The van der Waals surface area contributed by atoms with Gasteiger partial charge in [0.05, 0.1) is 29.9 Å². The lowest BCUT2D eigenvalue weighted by Gasteiger charge is -2.46. The number of nitrogens with zero attached hydrogens (tertiary/aromatic N) is 6. The Bertz CT molecular complexity index is 1150. The molecule has 0 N–H and O–H groups in total. The summed E-state index contributed by atoms with van der Waals surface area (Å²) in [7, 11) is 0. The van der Waals surface area contributed by atoms with Crippen LogP contribution in [0.2, 0.25) is 0 Å². The minimum atomic E-state index is -0.412. The molecular formula is C23H26N6O3. The number of aromatic nitrogens is 4. The zero-order valence-electron chi connectivity index (χ0n) is 18.5. The second kappa shape index (κ2) is 7.58. The summed E-state index contributed by atoms with van der Waals surface area (Å²) in [5.41, 5.74) is 2.64. The van der Waals surface area contributed by atoms with Crippen molar-refractivity contribution in [2.24, 2.45) is 0 Å². The Morgan fingerprint density at radius 1 is 1.16 bits per heavy atom. The zero-order chi connectivity index (χ0) is 22.5. The number of carbonyl (C=O) groups is 2. The molecule has 1 spiro atoms. The Morgan fingerprint density at radius 3 is 2.53 bits per heavy atom. The molecule has 0 radical (unpaired) electrons. The SMILES string of the molecule is Cc1cc2n(n1)C1(CCN(C(=O)c3c(C)noc3C)CC1)CC(=O)N2Cc1ccncc1. The number of hydrogen-bond acceptors (Lipinski definition) is 6. The molecule has 1 saturated heterocycles. The average Bonchev–Trinajstić information content (AvgIpc) is 3.34. The number of anilines is 1. The lowest BCUT2D eigenvalue weighted by Crippen LogP contribution is -2.54. The van der Waals surface area contributed by atoms with Gasteiger partial charge >= 0.3 is 0 Å². The van der Waals surface area contributed by atoms with Crippen LogP contribution in [-0.4, -0.2) is 49.7 Å². The smallest absolute Gasteiger partial charge is 0.259 e. The Hall–Kier alpha value is -3.49. The summed E-state index contributed by atoms with van der Waals surface area (Å²) in [5, 5.41) is 8.69. The van der Waals surface area contributed by atoms with E-state index in [1.807, 2.05) is 39.6 Å². The molecule has 0 saturated carbocycles. The van der Waals surface area contributed by atoms with Gasteiger partial charge in [-0.25, -0.2) is 4.68 Å². The van der Waals surface area contributed by atoms with Crippen LogP contribution in [0, 0.1) is 20.8 Å². The number of rotatable bonds is 3. The highest BCUT2D eigenvalue weighted by atomic mass is 16.5. The van der Waals surface area contributed by atoms with Crippen molar-refractivity contribution in [1.82, 2.24) is 24.8 Å². The lowest BCUT2D eigenvalue weighted by atomic mass is 9.82. The normalized spacial score (nSPS) is 17.7. The third-order valence-electron chi connectivity index (χ3n) is 6.64. The fourth-order valence-electron chi connectivity index (χ4n) is 4.91. The molecular weight excluding hydrogens is 408 g/mol. The highest BCUT2D eigenvalue weighted by Crippen LogP contribution is 2.42. The number of amides is 2. The van der Waals surface area contributed by atoms with E-state index in [0.29, 0.717) is 55.9 Å². The predicted octanol–water partition coefficient (Wildman–Crippen LogP) is 2.76. The van der Waals surface area contributed by atoms with Crippen LogP contribution in [0.4, 0.5) is 5.82 Å². The fourth-order valence-corrected chi connectivity index (χ4v) is 4.91. The van der Waals surface area contributed by atoms with E-state index in [-0.39, 0.29) is 11.8 Å². The van der Waals surface area contributed by atoms with Crippen molar-refractivity contribution in [1.29, 1.82) is 0 Å². The number of aryl methyl sites for hydroxylation is 3. The Morgan fingerprint density at radius 2 is 1.88 bits per heavy atom. The summed E-state index contributed by atoms with van der Waals surface area (Å²) >= 11 is 0. The Balaban J connectivity index is 1.40. The van der Waals surface area contributed by atoms with Crippen LogP contribution in [0.15, 0.2) is 35.1 Å². The lowest BCUT2D eigenvalue weighted by molar-refractivity contribution is -0.123. The van der Waals surface area contributed by atoms with Crippen LogP contribution in [0.5, 0.6) is 0 Å². The summed E-state index contributed by atoms with van der Waals surface area (Å²) in [5.74, 6) is 1.38. The number of hydrogen-bond donors (Lipinski definition) is 0. The van der Waals surface area contributed by atoms with Gasteiger partial charge in [0.1, 0.15) is 17.1 Å². The van der Waals surface area contributed by atoms with E-state index in [1.165, 1.54) is 0 Å². The largest absolute Gasteiger partial charge is 0.361 e. The molecule has 2 aliphatic rings. The van der Waals surface area contributed by atoms with Crippen molar-refractivity contribution in [2.45, 2.75) is 52.1 Å². The molecule has 3 aromatic rings. The maximum absolute atomic E-state index is 13.3. The zero-order valence-corrected chi connectivity index (χ0v) is 18.5. The van der Waals surface area contributed by atoms with Crippen LogP contribution in [0.1, 0.15) is 52.3 Å². The van der Waals surface area contributed by atoms with Crippen molar-refractivity contribution >= 4 is 17.6 Å². The van der Waals surface area contributed by atoms with E-state index in [2.05, 4.69) is 10.1 Å². The number of pyridine rings is 1. The van der Waals surface area contributed by atoms with Crippen LogP contribution in [0.3, 0.4) is 0 Å². The molecule has 32 heavy (non-hydrogen) atoms. The van der Waals surface area contributed by atoms with E-state index < -0.39 is 5.54 Å². The van der Waals surface area contributed by atoms with E-state index in [4.69, 9.17) is 9.62 Å². The summed E-state index contributed by atoms with van der Waals surface area (Å²) in [6.45, 7) is 7.08. The van der Waals surface area contributed by atoms with Gasteiger partial charge in [-0.1, -0.05) is 5.16 Å². The third-order valence-corrected chi connectivity index (χ3v) is 6.64. The second-order valence-electron chi connectivity index (χ2n) is 8.78. The molecule has 0 bridgehead atoms. The first-order valence-corrected chi connectivity index (χ1v) is 10.9. The molecule has 2 aliphatic heterocycles. The van der Waals surface area contributed by atoms with Crippen LogP contribution >= 0.6 is 0 Å². The molecule has 9 heteroatoms. The molecule has 9 nitrogen and oxygen atoms in total. The molecule has 3 aromatic heterocycles. The molecule has 166 valence electrons. The van der Waals surface area contributed by atoms with Gasteiger partial charge in [0, 0.05) is 31.5 Å². The van der Waals surface area contributed by atoms with Gasteiger partial charge < -0.3 is 9.42 Å². The summed E-state index contributed by atoms with van der Waals surface area (Å²) in [6, 6.07) is 5.81. The van der Waals surface area contributed by atoms with Crippen LogP contribution < -0.4 is 4.90 Å². The maximum atomic E-state index is 13.3. The van der Waals surface area contributed by atoms with Crippen molar-refractivity contribution in [3.05, 3.63) is 58.9 Å². The monoisotopic (exact) mass is 434 g/mol. The van der Waals surface area contributed by atoms with Gasteiger partial charge in [0.15, 0.2) is 0 Å². The summed E-state index contributed by atoms with van der Waals surface area (Å²) in [4.78, 5) is 34.1. The number of piperidine rings is 1. The standard InChI is InChI=1S/C23H26N6O3/c1-15-12-19-28(14-18-4-8-24-9-5-18)20(30)13-23(29(19)25-15)6-10-27(11-7-23)22(31)21-16(2)26-32-17(21)3/h4-5,8-9,12H,6-7,10-11,13-14H2,1-3H3. The molecule has 0 unspecified atom stereocenters. The van der Waals surface area contributed by atoms with Gasteiger partial charge in [-0.05, 0) is 51.3 Å². The van der Waals surface area contributed by atoms with Gasteiger partial charge in [-0.15, -0.1) is 0 Å². The van der Waals surface area contributed by atoms with E-state index in [0.717, 1.165) is 17.1 Å². The van der Waals surface area contributed by atoms with Crippen molar-refractivity contribution in [3.63, 3.8) is 0 Å². The second-order valence-corrected chi connectivity index (χ2v) is 8.78. The van der Waals surface area contributed by atoms with Crippen molar-refractivity contribution < 1.29 is 14.1 Å². The van der Waals surface area contributed by atoms with Gasteiger partial charge in [0.2, 0.25) is 5.91 Å². The molecule has 5 rings (SSSR count). The third kappa shape index (κ3) is 3.28. The first-order chi connectivity index (χ1) is 15.4. The van der Waals surface area contributed by atoms with Crippen molar-refractivity contribution in [3.8, 4) is 0 Å². The van der Waals surface area contributed by atoms with Crippen LogP contribution in [0.25, 0.3) is 0 Å². The topological polar surface area (TPSA) is 97.4 Å². The van der Waals surface area contributed by atoms with E-state index >= 15 is 0 Å². The molecule has 0 atom stereocenters. The molecule has 5 heterocycles. The van der Waals surface area contributed by atoms with Gasteiger partial charge in [0.25, 0.3) is 5.91 Å². The summed E-state index contributed by atoms with van der Waals surface area (Å²) in [6.07, 6.45) is 5.19. The van der Waals surface area contributed by atoms with E-state index in [9.17, 15) is 9.59 Å². The molecule has 0 aromatic carbocycles. The maximum Gasteiger partial charge on any atom is 0.259 e. The molecule has 1 fully saturated rings. The minimum absolute atomic E-state index is 0.0607. The first kappa shape index (κ1) is 20.4. The highest BCUT2D eigenvalue weighted by Gasteiger charge is 2.47.